The number of nitrogens with one attached hydrogen (secondary N) is 2. The normalized spacial score (nSPS) is 16.4. The molecule has 4 N–H and O–H groups in total. The van der Waals surface area contributed by atoms with Gasteiger partial charge in [-0.2, -0.15) is 0 Å². The smallest absolute Gasteiger partial charge is 0.242 e. The number of hydrogen-bond acceptors (Lipinski definition) is 5. The quantitative estimate of drug-likeness (QED) is 0.603. The van der Waals surface area contributed by atoms with Crippen LogP contribution in [-0.2, 0) is 22.6 Å². The van der Waals surface area contributed by atoms with E-state index in [1.165, 1.54) is 0 Å². The lowest BCUT2D eigenvalue weighted by molar-refractivity contribution is -0.128. The molecule has 0 radical (unpaired) electrons. The number of nitrogens with zero attached hydrogens (tertiary/aromatic N) is 1. The van der Waals surface area contributed by atoms with Crippen LogP contribution < -0.4 is 16.4 Å². The molecule has 0 saturated carbocycles. The van der Waals surface area contributed by atoms with E-state index in [2.05, 4.69) is 15.6 Å². The van der Waals surface area contributed by atoms with Crippen LogP contribution in [0.1, 0.15) is 36.1 Å². The summed E-state index contributed by atoms with van der Waals surface area (Å²) in [6, 6.07) is 14.8. The Balaban J connectivity index is 1.35. The maximum Gasteiger partial charge on any atom is 0.242 e. The highest BCUT2D eigenvalue weighted by Gasteiger charge is 2.29. The molecule has 0 saturated heterocycles. The summed E-state index contributed by atoms with van der Waals surface area (Å²) >= 11 is 0. The van der Waals surface area contributed by atoms with Crippen molar-refractivity contribution in [3.05, 3.63) is 71.4 Å². The van der Waals surface area contributed by atoms with E-state index in [0.717, 1.165) is 27.5 Å². The van der Waals surface area contributed by atoms with E-state index in [1.54, 1.807) is 13.1 Å². The minimum absolute atomic E-state index is 0.0129. The number of aryl methyl sites for hydroxylation is 1. The molecule has 4 rings (SSSR count). The number of carbonyl (C=O) groups is 2. The molecule has 0 unspecified atom stereocenters. The number of carbonyl (C=O) groups excluding carboxylic acids is 2. The average molecular weight is 388 g/mol. The van der Waals surface area contributed by atoms with Crippen LogP contribution in [0.4, 0.5) is 5.82 Å². The van der Waals surface area contributed by atoms with Gasteiger partial charge in [0.2, 0.25) is 5.91 Å². The predicted octanol–water partition coefficient (Wildman–Crippen LogP) is 2.67. The fourth-order valence-corrected chi connectivity index (χ4v) is 3.80. The second-order valence-electron chi connectivity index (χ2n) is 7.46. The number of hydrogen-bond donors (Lipinski definition) is 3. The van der Waals surface area contributed by atoms with Crippen molar-refractivity contribution in [3.8, 4) is 0 Å². The van der Waals surface area contributed by atoms with Gasteiger partial charge in [0.15, 0.2) is 5.78 Å². The number of anilines is 1. The van der Waals surface area contributed by atoms with Gasteiger partial charge < -0.3 is 11.1 Å². The third-order valence-corrected chi connectivity index (χ3v) is 5.49. The van der Waals surface area contributed by atoms with Crippen LogP contribution in [-0.4, -0.2) is 22.7 Å². The van der Waals surface area contributed by atoms with Gasteiger partial charge in [-0.3, -0.25) is 14.9 Å². The van der Waals surface area contributed by atoms with E-state index in [-0.39, 0.29) is 11.7 Å². The van der Waals surface area contributed by atoms with E-state index in [9.17, 15) is 9.59 Å². The Kier molecular flexibility index (Phi) is 5.27. The number of pyridine rings is 1. The SMILES string of the molecule is C[C@H](NC(=O)[C@@H]1NCc2ccccc21)C(=O)CCc1ccc2c(N)nccc2c1. The number of nitrogen functional groups attached to an aromatic ring is 1. The summed E-state index contributed by atoms with van der Waals surface area (Å²) in [5.41, 5.74) is 9.05. The van der Waals surface area contributed by atoms with E-state index < -0.39 is 12.1 Å². The van der Waals surface area contributed by atoms with Crippen LogP contribution >= 0.6 is 0 Å². The van der Waals surface area contributed by atoms with Crippen molar-refractivity contribution in [2.24, 2.45) is 0 Å². The number of fused-ring (bicyclic) bond motifs is 2. The Morgan fingerprint density at radius 2 is 2.07 bits per heavy atom. The van der Waals surface area contributed by atoms with Gasteiger partial charge in [0.1, 0.15) is 11.9 Å². The molecular formula is C23H24N4O2. The van der Waals surface area contributed by atoms with Gasteiger partial charge in [0.05, 0.1) is 6.04 Å². The van der Waals surface area contributed by atoms with Crippen molar-refractivity contribution in [2.45, 2.75) is 38.4 Å². The zero-order valence-electron chi connectivity index (χ0n) is 16.3. The fourth-order valence-electron chi connectivity index (χ4n) is 3.80. The van der Waals surface area contributed by atoms with E-state index in [4.69, 9.17) is 5.73 Å². The van der Waals surface area contributed by atoms with E-state index >= 15 is 0 Å². The largest absolute Gasteiger partial charge is 0.383 e. The first kappa shape index (κ1) is 19.1. The lowest BCUT2D eigenvalue weighted by Crippen LogP contribution is -2.43. The van der Waals surface area contributed by atoms with Gasteiger partial charge in [-0.15, -0.1) is 0 Å². The average Bonchev–Trinajstić information content (AvgIpc) is 3.16. The Morgan fingerprint density at radius 3 is 2.93 bits per heavy atom. The van der Waals surface area contributed by atoms with Crippen molar-refractivity contribution >= 4 is 28.3 Å². The third kappa shape index (κ3) is 3.98. The molecule has 6 nitrogen and oxygen atoms in total. The van der Waals surface area contributed by atoms with Crippen LogP contribution in [0.3, 0.4) is 0 Å². The zero-order valence-corrected chi connectivity index (χ0v) is 16.3. The van der Waals surface area contributed by atoms with Gasteiger partial charge in [-0.25, -0.2) is 4.98 Å². The summed E-state index contributed by atoms with van der Waals surface area (Å²) in [6.07, 6.45) is 2.66. The Bertz CT molecular complexity index is 1080. The predicted molar refractivity (Wildman–Crippen MR) is 113 cm³/mol. The molecule has 3 aromatic rings. The van der Waals surface area contributed by atoms with Crippen LogP contribution in [0.2, 0.25) is 0 Å². The van der Waals surface area contributed by atoms with Gasteiger partial charge in [-0.05, 0) is 41.5 Å². The number of aromatic nitrogens is 1. The summed E-state index contributed by atoms with van der Waals surface area (Å²) in [5, 5.41) is 7.99. The first-order valence-corrected chi connectivity index (χ1v) is 9.80. The topological polar surface area (TPSA) is 97.1 Å². The first-order chi connectivity index (χ1) is 14.0. The molecule has 1 aromatic heterocycles. The molecule has 6 heteroatoms. The van der Waals surface area contributed by atoms with Gasteiger partial charge >= 0.3 is 0 Å². The van der Waals surface area contributed by atoms with Crippen molar-refractivity contribution in [3.63, 3.8) is 0 Å². The lowest BCUT2D eigenvalue weighted by Gasteiger charge is -2.17. The van der Waals surface area contributed by atoms with Crippen molar-refractivity contribution in [1.29, 1.82) is 0 Å². The Hall–Kier alpha value is -3.25. The Morgan fingerprint density at radius 1 is 1.24 bits per heavy atom. The fraction of sp³-hybridized carbons (Fsp3) is 0.261. The van der Waals surface area contributed by atoms with Crippen LogP contribution in [0.25, 0.3) is 10.8 Å². The van der Waals surface area contributed by atoms with Crippen LogP contribution in [0, 0.1) is 0 Å². The molecule has 2 heterocycles. The molecule has 0 fully saturated rings. The minimum Gasteiger partial charge on any atom is -0.383 e. The van der Waals surface area contributed by atoms with Crippen molar-refractivity contribution in [1.82, 2.24) is 15.6 Å². The molecule has 0 spiro atoms. The number of rotatable bonds is 6. The Labute approximate surface area is 169 Å². The molecule has 148 valence electrons. The standard InChI is InChI=1S/C23H24N4O2/c1-14(27-23(29)21-18-5-3-2-4-17(18)13-26-21)20(28)9-7-15-6-8-19-16(12-15)10-11-25-22(19)24/h2-6,8,10-12,14,21,26H,7,9,13H2,1H3,(H2,24,25)(H,27,29)/t14-,21+/m0/s1. The second-order valence-corrected chi connectivity index (χ2v) is 7.46. The molecule has 2 aromatic carbocycles. The molecule has 1 aliphatic heterocycles. The summed E-state index contributed by atoms with van der Waals surface area (Å²) in [5.74, 6) is 0.354. The maximum absolute atomic E-state index is 12.6. The number of nitrogens with two attached hydrogens (primary N) is 1. The van der Waals surface area contributed by atoms with Gasteiger partial charge in [0, 0.05) is 24.5 Å². The second kappa shape index (κ2) is 8.01. The number of Topliss-reactive ketones (excluding diaryl/α,β-unsaturated/α-hetero) is 1. The summed E-state index contributed by atoms with van der Waals surface area (Å²) < 4.78 is 0. The highest BCUT2D eigenvalue weighted by atomic mass is 16.2. The summed E-state index contributed by atoms with van der Waals surface area (Å²) in [7, 11) is 0. The monoisotopic (exact) mass is 388 g/mol. The summed E-state index contributed by atoms with van der Waals surface area (Å²) in [4.78, 5) is 29.3. The molecule has 1 amide bonds. The highest BCUT2D eigenvalue weighted by Crippen LogP contribution is 2.25. The first-order valence-electron chi connectivity index (χ1n) is 9.80. The number of ketones is 1. The zero-order chi connectivity index (χ0) is 20.4. The van der Waals surface area contributed by atoms with Gasteiger partial charge in [-0.1, -0.05) is 42.5 Å². The molecule has 0 bridgehead atoms. The van der Waals surface area contributed by atoms with Crippen molar-refractivity contribution in [2.75, 3.05) is 5.73 Å². The van der Waals surface area contributed by atoms with Crippen LogP contribution in [0.15, 0.2) is 54.7 Å². The molecular weight excluding hydrogens is 364 g/mol. The minimum atomic E-state index is -0.530. The van der Waals surface area contributed by atoms with Crippen molar-refractivity contribution < 1.29 is 9.59 Å². The lowest BCUT2D eigenvalue weighted by atomic mass is 10.0. The van der Waals surface area contributed by atoms with E-state index in [0.29, 0.717) is 25.2 Å². The molecule has 0 aliphatic carbocycles. The molecule has 1 aliphatic rings. The number of benzene rings is 2. The molecule has 2 atom stereocenters. The van der Waals surface area contributed by atoms with Crippen LogP contribution in [0.5, 0.6) is 0 Å². The highest BCUT2D eigenvalue weighted by molar-refractivity contribution is 5.92. The summed E-state index contributed by atoms with van der Waals surface area (Å²) in [6.45, 7) is 2.41. The number of amides is 1. The van der Waals surface area contributed by atoms with Gasteiger partial charge in [0.25, 0.3) is 0 Å². The van der Waals surface area contributed by atoms with E-state index in [1.807, 2.05) is 48.5 Å². The third-order valence-electron chi connectivity index (χ3n) is 5.49. The maximum atomic E-state index is 12.6. The molecule has 29 heavy (non-hydrogen) atoms.